The number of hydrogen-bond acceptors (Lipinski definition) is 6. The molecule has 0 bridgehead atoms. The zero-order valence-corrected chi connectivity index (χ0v) is 17.7. The predicted octanol–water partition coefficient (Wildman–Crippen LogP) is 3.15. The summed E-state index contributed by atoms with van der Waals surface area (Å²) in [7, 11) is 1.53. The number of para-hydroxylation sites is 3. The molecule has 164 valence electrons. The first-order valence-electron chi connectivity index (χ1n) is 10.2. The van der Waals surface area contributed by atoms with Crippen molar-refractivity contribution in [3.05, 3.63) is 70.0 Å². The van der Waals surface area contributed by atoms with Crippen LogP contribution in [0.25, 0.3) is 0 Å². The minimum atomic E-state index is -0.958. The molecule has 32 heavy (non-hydrogen) atoms. The highest BCUT2D eigenvalue weighted by atomic mass is 16.5. The Morgan fingerprint density at radius 2 is 1.84 bits per heavy atom. The molecule has 4 N–H and O–H groups in total. The monoisotopic (exact) mass is 433 g/mol. The van der Waals surface area contributed by atoms with Gasteiger partial charge in [-0.05, 0) is 30.2 Å². The lowest BCUT2D eigenvalue weighted by atomic mass is 9.92. The number of nitrogens with zero attached hydrogens (tertiary/aromatic N) is 1. The fourth-order valence-corrected chi connectivity index (χ4v) is 3.70. The van der Waals surface area contributed by atoms with E-state index in [0.717, 1.165) is 12.0 Å². The molecule has 1 aliphatic heterocycles. The van der Waals surface area contributed by atoms with Crippen LogP contribution in [0, 0.1) is 0 Å². The van der Waals surface area contributed by atoms with E-state index in [1.54, 1.807) is 24.3 Å². The van der Waals surface area contributed by atoms with Gasteiger partial charge in [0.2, 0.25) is 17.8 Å². The normalized spacial score (nSPS) is 14.8. The molecule has 1 aromatic heterocycles. The van der Waals surface area contributed by atoms with Gasteiger partial charge in [0, 0.05) is 12.1 Å². The van der Waals surface area contributed by atoms with Gasteiger partial charge in [-0.15, -0.1) is 0 Å². The number of aromatic amines is 1. The van der Waals surface area contributed by atoms with Gasteiger partial charge < -0.3 is 20.7 Å². The van der Waals surface area contributed by atoms with Gasteiger partial charge >= 0.3 is 0 Å². The van der Waals surface area contributed by atoms with Gasteiger partial charge in [0.1, 0.15) is 11.6 Å². The maximum atomic E-state index is 13.1. The highest BCUT2D eigenvalue weighted by Crippen LogP contribution is 2.31. The number of aryl methyl sites for hydroxylation is 1. The Kier molecular flexibility index (Phi) is 5.89. The second kappa shape index (κ2) is 8.93. The summed E-state index contributed by atoms with van der Waals surface area (Å²) in [6.07, 6.45) is 0.593. The molecular weight excluding hydrogens is 410 g/mol. The van der Waals surface area contributed by atoms with Gasteiger partial charge in [-0.25, -0.2) is 0 Å². The Balaban J connectivity index is 1.66. The van der Waals surface area contributed by atoms with Gasteiger partial charge in [0.15, 0.2) is 0 Å². The zero-order chi connectivity index (χ0) is 22.7. The van der Waals surface area contributed by atoms with Crippen LogP contribution < -0.4 is 26.2 Å². The molecule has 1 aliphatic rings. The number of rotatable bonds is 6. The molecule has 1 atom stereocenters. The Hall–Kier alpha value is -4.14. The van der Waals surface area contributed by atoms with E-state index in [9.17, 15) is 14.4 Å². The van der Waals surface area contributed by atoms with Crippen molar-refractivity contribution in [2.45, 2.75) is 25.7 Å². The van der Waals surface area contributed by atoms with Crippen LogP contribution in [0.15, 0.2) is 53.3 Å². The Morgan fingerprint density at radius 3 is 2.59 bits per heavy atom. The lowest BCUT2D eigenvalue weighted by molar-refractivity contribution is -0.123. The van der Waals surface area contributed by atoms with Crippen LogP contribution in [0.1, 0.15) is 30.4 Å². The average Bonchev–Trinajstić information content (AvgIpc) is 2.79. The van der Waals surface area contributed by atoms with E-state index in [1.807, 2.05) is 31.2 Å². The number of benzene rings is 2. The van der Waals surface area contributed by atoms with Crippen LogP contribution in [0.5, 0.6) is 5.75 Å². The molecule has 3 aromatic rings. The van der Waals surface area contributed by atoms with Crippen molar-refractivity contribution in [2.24, 2.45) is 0 Å². The van der Waals surface area contributed by atoms with Gasteiger partial charge in [-0.1, -0.05) is 37.3 Å². The third-order valence-electron chi connectivity index (χ3n) is 5.28. The van der Waals surface area contributed by atoms with Crippen LogP contribution >= 0.6 is 0 Å². The molecule has 0 radical (unpaired) electrons. The van der Waals surface area contributed by atoms with E-state index < -0.39 is 17.4 Å². The molecule has 2 heterocycles. The second-order valence-corrected chi connectivity index (χ2v) is 7.31. The number of amides is 2. The minimum absolute atomic E-state index is 0.0614. The maximum absolute atomic E-state index is 13.1. The second-order valence-electron chi connectivity index (χ2n) is 7.31. The van der Waals surface area contributed by atoms with E-state index in [2.05, 4.69) is 25.9 Å². The van der Waals surface area contributed by atoms with E-state index in [-0.39, 0.29) is 29.7 Å². The van der Waals surface area contributed by atoms with E-state index >= 15 is 0 Å². The first-order valence-corrected chi connectivity index (χ1v) is 10.2. The molecule has 4 rings (SSSR count). The lowest BCUT2D eigenvalue weighted by Gasteiger charge is -2.24. The van der Waals surface area contributed by atoms with Crippen LogP contribution in [-0.2, 0) is 16.0 Å². The van der Waals surface area contributed by atoms with Gasteiger partial charge in [0.25, 0.3) is 5.56 Å². The number of carbonyl (C=O) groups excluding carboxylic acids is 2. The van der Waals surface area contributed by atoms with Gasteiger partial charge in [0.05, 0.1) is 24.3 Å². The zero-order valence-electron chi connectivity index (χ0n) is 17.7. The first kappa shape index (κ1) is 21.1. The highest BCUT2D eigenvalue weighted by molar-refractivity contribution is 6.04. The van der Waals surface area contributed by atoms with E-state index in [4.69, 9.17) is 4.74 Å². The number of ether oxygens (including phenoxy) is 1. The van der Waals surface area contributed by atoms with Crippen LogP contribution in [0.3, 0.4) is 0 Å². The third-order valence-corrected chi connectivity index (χ3v) is 5.28. The first-order chi connectivity index (χ1) is 15.5. The number of carbonyl (C=O) groups is 2. The largest absolute Gasteiger partial charge is 0.495 e. The van der Waals surface area contributed by atoms with Crippen molar-refractivity contribution in [2.75, 3.05) is 23.1 Å². The summed E-state index contributed by atoms with van der Waals surface area (Å²) in [4.78, 5) is 45.3. The lowest BCUT2D eigenvalue weighted by Crippen LogP contribution is -2.36. The summed E-state index contributed by atoms with van der Waals surface area (Å²) in [6, 6.07) is 14.6. The molecule has 9 heteroatoms. The molecule has 0 saturated heterocycles. The SMILES string of the molecule is CCc1ccccc1NC(=O)[C@@H]1CC(=O)Nc2nc(Nc3ccccc3OC)[nH]c(=O)c21. The number of H-pyrrole nitrogens is 1. The summed E-state index contributed by atoms with van der Waals surface area (Å²) < 4.78 is 5.30. The molecule has 2 amide bonds. The molecule has 0 saturated carbocycles. The smallest absolute Gasteiger partial charge is 0.258 e. The van der Waals surface area contributed by atoms with Gasteiger partial charge in [-0.2, -0.15) is 4.98 Å². The summed E-state index contributed by atoms with van der Waals surface area (Å²) in [6.45, 7) is 1.99. The Morgan fingerprint density at radius 1 is 1.12 bits per heavy atom. The predicted molar refractivity (Wildman–Crippen MR) is 122 cm³/mol. The van der Waals surface area contributed by atoms with Crippen LogP contribution in [0.2, 0.25) is 0 Å². The number of aromatic nitrogens is 2. The number of nitrogens with one attached hydrogen (secondary N) is 4. The van der Waals surface area contributed by atoms with Crippen LogP contribution in [0.4, 0.5) is 23.1 Å². The number of hydrogen-bond donors (Lipinski definition) is 4. The van der Waals surface area contributed by atoms with Gasteiger partial charge in [-0.3, -0.25) is 19.4 Å². The molecule has 0 spiro atoms. The van der Waals surface area contributed by atoms with E-state index in [1.165, 1.54) is 7.11 Å². The Labute approximate surface area is 184 Å². The molecule has 9 nitrogen and oxygen atoms in total. The van der Waals surface area contributed by atoms with Crippen LogP contribution in [-0.4, -0.2) is 28.9 Å². The summed E-state index contributed by atoms with van der Waals surface area (Å²) in [5, 5.41) is 8.45. The quantitative estimate of drug-likeness (QED) is 0.473. The number of anilines is 4. The maximum Gasteiger partial charge on any atom is 0.258 e. The highest BCUT2D eigenvalue weighted by Gasteiger charge is 2.35. The summed E-state index contributed by atoms with van der Waals surface area (Å²) >= 11 is 0. The van der Waals surface area contributed by atoms with E-state index in [0.29, 0.717) is 17.1 Å². The number of fused-ring (bicyclic) bond motifs is 1. The topological polar surface area (TPSA) is 125 Å². The Bertz CT molecular complexity index is 1240. The summed E-state index contributed by atoms with van der Waals surface area (Å²) in [5.41, 5.74) is 1.83. The minimum Gasteiger partial charge on any atom is -0.495 e. The summed E-state index contributed by atoms with van der Waals surface area (Å²) in [5.74, 6) is -1.03. The molecule has 0 aliphatic carbocycles. The van der Waals surface area contributed by atoms with Crippen molar-refractivity contribution < 1.29 is 14.3 Å². The molecule has 0 fully saturated rings. The standard InChI is InChI=1S/C23H23N5O4/c1-3-13-8-4-5-9-15(13)24-21(30)14-12-18(29)26-20-19(14)22(31)28-23(27-20)25-16-10-6-7-11-17(16)32-2/h4-11,14H,3,12H2,1-2H3,(H,24,30)(H3,25,26,27,28,29,31)/t14-/m1/s1. The van der Waals surface area contributed by atoms with Crippen molar-refractivity contribution in [1.82, 2.24) is 9.97 Å². The van der Waals surface area contributed by atoms with Crippen molar-refractivity contribution >= 4 is 35.0 Å². The van der Waals surface area contributed by atoms with Crippen molar-refractivity contribution in [1.29, 1.82) is 0 Å². The van der Waals surface area contributed by atoms with Crippen molar-refractivity contribution in [3.8, 4) is 5.75 Å². The fourth-order valence-electron chi connectivity index (χ4n) is 3.70. The third kappa shape index (κ3) is 4.18. The molecular formula is C23H23N5O4. The average molecular weight is 433 g/mol. The molecule has 2 aromatic carbocycles. The number of methoxy groups -OCH3 is 1. The fraction of sp³-hybridized carbons (Fsp3) is 0.217. The molecule has 0 unspecified atom stereocenters. The van der Waals surface area contributed by atoms with Crippen molar-refractivity contribution in [3.63, 3.8) is 0 Å².